The van der Waals surface area contributed by atoms with Crippen LogP contribution in [0.4, 0.5) is 0 Å². The molecule has 0 aliphatic heterocycles. The monoisotopic (exact) mass is 207 g/mol. The van der Waals surface area contributed by atoms with Crippen molar-refractivity contribution in [3.05, 3.63) is 54.2 Å². The van der Waals surface area contributed by atoms with Crippen LogP contribution >= 0.6 is 0 Å². The van der Waals surface area contributed by atoms with Crippen LogP contribution in [-0.4, -0.2) is 20.7 Å². The first kappa shape index (κ1) is 11.0. The van der Waals surface area contributed by atoms with Gasteiger partial charge in [-0.15, -0.1) is 0 Å². The highest BCUT2D eigenvalue weighted by Gasteiger charge is 2.13. The summed E-state index contributed by atoms with van der Waals surface area (Å²) in [5, 5.41) is 0.169. The van der Waals surface area contributed by atoms with Crippen LogP contribution in [0.25, 0.3) is 11.3 Å². The second-order valence-corrected chi connectivity index (χ2v) is 5.05. The van der Waals surface area contributed by atoms with Gasteiger partial charge in [-0.05, 0) is 11.6 Å². The molecule has 0 aliphatic rings. The Morgan fingerprint density at radius 1 is 1.00 bits per heavy atom. The zero-order chi connectivity index (χ0) is 11.6. The fourth-order valence-electron chi connectivity index (χ4n) is 1.62. The Hall–Kier alpha value is -1.50. The fraction of sp³-hybridized carbons (Fsp3) is 0.154. The maximum Gasteiger partial charge on any atom is 0.104 e. The molecule has 1 heterocycles. The second-order valence-electron chi connectivity index (χ2n) is 5.05. The topological polar surface area (TPSA) is 12.9 Å². The molecule has 0 N–H and O–H groups in total. The van der Waals surface area contributed by atoms with Crippen LogP contribution in [0.3, 0.4) is 0 Å². The second kappa shape index (κ2) is 4.17. The third-order valence-corrected chi connectivity index (χ3v) is 2.70. The molecule has 3 heteroatoms. The molecule has 1 aromatic heterocycles. The van der Waals surface area contributed by atoms with E-state index in [9.17, 15) is 0 Å². The molecule has 0 bridgehead atoms. The number of rotatable bonds is 2. The lowest BCUT2D eigenvalue weighted by molar-refractivity contribution is 0.958. The van der Waals surface area contributed by atoms with Gasteiger partial charge in [-0.3, -0.25) is 4.98 Å². The number of hydrogen-bond acceptors (Lipinski definition) is 1. The van der Waals surface area contributed by atoms with Crippen LogP contribution in [0.1, 0.15) is 12.5 Å². The Morgan fingerprint density at radius 2 is 1.69 bits per heavy atom. The Balaban J connectivity index is 2.34. The van der Waals surface area contributed by atoms with Gasteiger partial charge in [0.1, 0.15) is 15.7 Å². The first-order valence-electron chi connectivity index (χ1n) is 5.59. The van der Waals surface area contributed by atoms with Gasteiger partial charge in [0.2, 0.25) is 0 Å². The van der Waals surface area contributed by atoms with Crippen LogP contribution in [0.2, 0.25) is 0 Å². The van der Waals surface area contributed by atoms with Gasteiger partial charge in [-0.1, -0.05) is 48.5 Å². The van der Waals surface area contributed by atoms with Crippen LogP contribution in [0.5, 0.6) is 0 Å². The predicted molar refractivity (Wildman–Crippen MR) is 74.1 cm³/mol. The molecule has 1 nitrogen and oxygen atoms in total. The van der Waals surface area contributed by atoms with Gasteiger partial charge >= 0.3 is 0 Å². The van der Waals surface area contributed by atoms with Crippen molar-refractivity contribution in [1.82, 2.24) is 4.98 Å². The van der Waals surface area contributed by atoms with E-state index >= 15 is 0 Å². The number of pyridine rings is 1. The average molecular weight is 207 g/mol. The molecule has 1 aromatic carbocycles. The van der Waals surface area contributed by atoms with Crippen molar-refractivity contribution in [2.45, 2.75) is 12.1 Å². The van der Waals surface area contributed by atoms with Crippen LogP contribution in [-0.2, 0) is 5.21 Å². The minimum absolute atomic E-state index is 0.169. The van der Waals surface area contributed by atoms with E-state index in [1.54, 1.807) is 0 Å². The van der Waals surface area contributed by atoms with E-state index in [0.717, 1.165) is 5.69 Å². The maximum atomic E-state index is 4.52. The molecule has 0 spiro atoms. The standard InChI is InChI=1S/C13H15B2N/c1-13(14,15)11-7-8-12(16-9-11)10-5-3-2-4-6-10/h2-9H,14-15H2,1H3. The van der Waals surface area contributed by atoms with Crippen molar-refractivity contribution in [3.8, 4) is 11.3 Å². The molecule has 0 saturated heterocycles. The van der Waals surface area contributed by atoms with Gasteiger partial charge in [-0.25, -0.2) is 0 Å². The molecule has 2 aromatic rings. The SMILES string of the molecule is BC(B)(C)c1ccc(-c2ccccc2)nc1. The molecule has 0 fully saturated rings. The van der Waals surface area contributed by atoms with Crippen LogP contribution < -0.4 is 0 Å². The summed E-state index contributed by atoms with van der Waals surface area (Å²) >= 11 is 0. The first-order valence-corrected chi connectivity index (χ1v) is 5.59. The fourth-order valence-corrected chi connectivity index (χ4v) is 1.62. The first-order chi connectivity index (χ1) is 7.57. The highest BCUT2D eigenvalue weighted by molar-refractivity contribution is 6.39. The molecular formula is C13H15B2N. The van der Waals surface area contributed by atoms with Crippen molar-refractivity contribution < 1.29 is 0 Å². The summed E-state index contributed by atoms with van der Waals surface area (Å²) < 4.78 is 0. The highest BCUT2D eigenvalue weighted by atomic mass is 14.7. The largest absolute Gasteiger partial charge is 0.256 e. The minimum Gasteiger partial charge on any atom is -0.256 e. The summed E-state index contributed by atoms with van der Waals surface area (Å²) in [5.41, 5.74) is 3.48. The van der Waals surface area contributed by atoms with Crippen molar-refractivity contribution in [1.29, 1.82) is 0 Å². The Morgan fingerprint density at radius 3 is 2.19 bits per heavy atom. The van der Waals surface area contributed by atoms with Gasteiger partial charge in [0.05, 0.1) is 5.69 Å². The van der Waals surface area contributed by atoms with E-state index in [1.807, 2.05) is 24.4 Å². The van der Waals surface area contributed by atoms with Crippen LogP contribution in [0, 0.1) is 0 Å². The summed E-state index contributed by atoms with van der Waals surface area (Å²) in [5.74, 6) is 0. The maximum absolute atomic E-state index is 4.52. The summed E-state index contributed by atoms with van der Waals surface area (Å²) in [4.78, 5) is 4.52. The molecular weight excluding hydrogens is 192 g/mol. The lowest BCUT2D eigenvalue weighted by atomic mass is 9.53. The number of aromatic nitrogens is 1. The molecule has 0 atom stereocenters. The van der Waals surface area contributed by atoms with E-state index in [2.05, 4.69) is 51.9 Å². The Labute approximate surface area is 98.7 Å². The normalized spacial score (nSPS) is 11.3. The number of nitrogens with zero attached hydrogens (tertiary/aromatic N) is 1. The summed E-state index contributed by atoms with van der Waals surface area (Å²) in [6.07, 6.45) is 1.97. The van der Waals surface area contributed by atoms with E-state index in [1.165, 1.54) is 11.1 Å². The third-order valence-electron chi connectivity index (χ3n) is 2.70. The van der Waals surface area contributed by atoms with Gasteiger partial charge in [0.15, 0.2) is 0 Å². The van der Waals surface area contributed by atoms with E-state index in [-0.39, 0.29) is 5.21 Å². The predicted octanol–water partition coefficient (Wildman–Crippen LogP) is 1.19. The molecule has 2 rings (SSSR count). The lowest BCUT2D eigenvalue weighted by Gasteiger charge is -2.18. The molecule has 0 radical (unpaired) electrons. The quantitative estimate of drug-likeness (QED) is 0.673. The zero-order valence-corrected chi connectivity index (χ0v) is 10.1. The molecule has 0 unspecified atom stereocenters. The Bertz CT molecular complexity index is 458. The molecule has 0 aliphatic carbocycles. The average Bonchev–Trinajstić information content (AvgIpc) is 2.29. The molecule has 0 saturated carbocycles. The van der Waals surface area contributed by atoms with E-state index < -0.39 is 0 Å². The van der Waals surface area contributed by atoms with Crippen molar-refractivity contribution in [2.75, 3.05) is 0 Å². The van der Waals surface area contributed by atoms with E-state index in [4.69, 9.17) is 0 Å². The van der Waals surface area contributed by atoms with Gasteiger partial charge < -0.3 is 0 Å². The minimum atomic E-state index is 0.169. The molecule has 0 amide bonds. The lowest BCUT2D eigenvalue weighted by Crippen LogP contribution is -2.21. The zero-order valence-electron chi connectivity index (χ0n) is 10.1. The van der Waals surface area contributed by atoms with E-state index in [0.29, 0.717) is 0 Å². The van der Waals surface area contributed by atoms with Crippen molar-refractivity contribution in [2.24, 2.45) is 0 Å². The number of hydrogen-bond donors (Lipinski definition) is 0. The van der Waals surface area contributed by atoms with Crippen LogP contribution in [0.15, 0.2) is 48.7 Å². The third kappa shape index (κ3) is 2.35. The Kier molecular flexibility index (Phi) is 2.86. The summed E-state index contributed by atoms with van der Waals surface area (Å²) in [6, 6.07) is 14.5. The summed E-state index contributed by atoms with van der Waals surface area (Å²) in [7, 11) is 4.40. The highest BCUT2D eigenvalue weighted by Crippen LogP contribution is 2.20. The molecule has 16 heavy (non-hydrogen) atoms. The van der Waals surface area contributed by atoms with Gasteiger partial charge in [0, 0.05) is 11.8 Å². The number of benzene rings is 1. The van der Waals surface area contributed by atoms with Crippen molar-refractivity contribution in [3.63, 3.8) is 0 Å². The van der Waals surface area contributed by atoms with Crippen molar-refractivity contribution >= 4 is 15.7 Å². The molecule has 78 valence electrons. The summed E-state index contributed by atoms with van der Waals surface area (Å²) in [6.45, 7) is 2.20. The van der Waals surface area contributed by atoms with Gasteiger partial charge in [0.25, 0.3) is 0 Å². The smallest absolute Gasteiger partial charge is 0.104 e. The van der Waals surface area contributed by atoms with Gasteiger partial charge in [-0.2, -0.15) is 0 Å².